The Balaban J connectivity index is 1.46. The van der Waals surface area contributed by atoms with Crippen LogP contribution in [-0.4, -0.2) is 47.1 Å². The summed E-state index contributed by atoms with van der Waals surface area (Å²) < 4.78 is 5.83. The fraction of sp³-hybridized carbons (Fsp3) is 0.235. The van der Waals surface area contributed by atoms with Gasteiger partial charge in [-0.15, -0.1) is 0 Å². The summed E-state index contributed by atoms with van der Waals surface area (Å²) in [5, 5.41) is 6.97. The van der Waals surface area contributed by atoms with Crippen LogP contribution >= 0.6 is 0 Å². The first-order chi connectivity index (χ1) is 11.8. The number of nitrogens with zero attached hydrogens (tertiary/aromatic N) is 3. The highest BCUT2D eigenvalue weighted by atomic mass is 16.3. The SMILES string of the molecule is O=C1NCCN1CCNc1nccc(-c2cc3ccccc3o2)n1. The zero-order chi connectivity index (χ0) is 16.4. The number of benzene rings is 1. The predicted molar refractivity (Wildman–Crippen MR) is 90.7 cm³/mol. The van der Waals surface area contributed by atoms with E-state index in [2.05, 4.69) is 20.6 Å². The van der Waals surface area contributed by atoms with E-state index in [4.69, 9.17) is 4.42 Å². The van der Waals surface area contributed by atoms with Gasteiger partial charge >= 0.3 is 6.03 Å². The molecule has 1 aliphatic rings. The molecular formula is C17H17N5O2. The zero-order valence-corrected chi connectivity index (χ0v) is 13.0. The molecule has 0 saturated carbocycles. The van der Waals surface area contributed by atoms with Crippen molar-refractivity contribution in [3.63, 3.8) is 0 Å². The molecule has 0 atom stereocenters. The molecular weight excluding hydrogens is 306 g/mol. The number of hydrogen-bond donors (Lipinski definition) is 2. The molecule has 1 aromatic carbocycles. The number of carbonyl (C=O) groups excluding carboxylic acids is 1. The van der Waals surface area contributed by atoms with Crippen molar-refractivity contribution < 1.29 is 9.21 Å². The van der Waals surface area contributed by atoms with Crippen LogP contribution in [0.25, 0.3) is 22.4 Å². The summed E-state index contributed by atoms with van der Waals surface area (Å²) in [4.78, 5) is 21.9. The molecule has 7 nitrogen and oxygen atoms in total. The minimum atomic E-state index is -0.0197. The van der Waals surface area contributed by atoms with Gasteiger partial charge in [0.05, 0.1) is 0 Å². The second kappa shape index (κ2) is 6.19. The number of nitrogens with one attached hydrogen (secondary N) is 2. The first kappa shape index (κ1) is 14.5. The highest BCUT2D eigenvalue weighted by Crippen LogP contribution is 2.26. The minimum Gasteiger partial charge on any atom is -0.454 e. The van der Waals surface area contributed by atoms with Crippen molar-refractivity contribution in [2.24, 2.45) is 0 Å². The Hall–Kier alpha value is -3.09. The lowest BCUT2D eigenvalue weighted by molar-refractivity contribution is 0.219. The standard InChI is InChI=1S/C17H17N5O2/c23-17-20-8-10-22(17)9-7-19-16-18-6-5-13(21-16)15-11-12-3-1-2-4-14(12)24-15/h1-6,11H,7-10H2,(H,20,23)(H,18,19,21). The molecule has 0 bridgehead atoms. The van der Waals surface area contributed by atoms with E-state index >= 15 is 0 Å². The van der Waals surface area contributed by atoms with Crippen molar-refractivity contribution >= 4 is 22.9 Å². The van der Waals surface area contributed by atoms with Gasteiger partial charge in [0.1, 0.15) is 11.3 Å². The van der Waals surface area contributed by atoms with Gasteiger partial charge in [-0.3, -0.25) is 0 Å². The summed E-state index contributed by atoms with van der Waals surface area (Å²) in [6.45, 7) is 2.65. The Labute approximate surface area is 138 Å². The number of urea groups is 1. The quantitative estimate of drug-likeness (QED) is 0.753. The maximum absolute atomic E-state index is 11.5. The van der Waals surface area contributed by atoms with Crippen molar-refractivity contribution in [3.05, 3.63) is 42.6 Å². The average molecular weight is 323 g/mol. The number of aromatic nitrogens is 2. The smallest absolute Gasteiger partial charge is 0.317 e. The summed E-state index contributed by atoms with van der Waals surface area (Å²) in [6, 6.07) is 11.6. The molecule has 1 aliphatic heterocycles. The molecule has 0 radical (unpaired) electrons. The second-order valence-corrected chi connectivity index (χ2v) is 5.56. The topological polar surface area (TPSA) is 83.3 Å². The van der Waals surface area contributed by atoms with Gasteiger partial charge in [0.25, 0.3) is 0 Å². The van der Waals surface area contributed by atoms with Crippen LogP contribution in [0.2, 0.25) is 0 Å². The van der Waals surface area contributed by atoms with Gasteiger partial charge < -0.3 is 20.0 Å². The molecule has 2 N–H and O–H groups in total. The van der Waals surface area contributed by atoms with Crippen molar-refractivity contribution in [1.82, 2.24) is 20.2 Å². The Morgan fingerprint density at radius 1 is 1.29 bits per heavy atom. The molecule has 1 saturated heterocycles. The first-order valence-electron chi connectivity index (χ1n) is 7.88. The number of rotatable bonds is 5. The summed E-state index contributed by atoms with van der Waals surface area (Å²) in [5.41, 5.74) is 1.56. The highest BCUT2D eigenvalue weighted by Gasteiger charge is 2.18. The van der Waals surface area contributed by atoms with Crippen molar-refractivity contribution in [1.29, 1.82) is 0 Å². The third-order valence-electron chi connectivity index (χ3n) is 3.94. The second-order valence-electron chi connectivity index (χ2n) is 5.56. The third kappa shape index (κ3) is 2.88. The normalized spacial score (nSPS) is 14.2. The van der Waals surface area contributed by atoms with E-state index in [1.807, 2.05) is 36.4 Å². The van der Waals surface area contributed by atoms with E-state index in [-0.39, 0.29) is 6.03 Å². The minimum absolute atomic E-state index is 0.0197. The number of carbonyl (C=O) groups is 1. The average Bonchev–Trinajstić information content (AvgIpc) is 3.21. The molecule has 3 aromatic rings. The van der Waals surface area contributed by atoms with Crippen LogP contribution in [0.15, 0.2) is 47.0 Å². The molecule has 122 valence electrons. The fourth-order valence-corrected chi connectivity index (χ4v) is 2.72. The van der Waals surface area contributed by atoms with Gasteiger partial charge in [-0.1, -0.05) is 18.2 Å². The van der Waals surface area contributed by atoms with Crippen LogP contribution in [0.4, 0.5) is 10.7 Å². The third-order valence-corrected chi connectivity index (χ3v) is 3.94. The molecule has 0 unspecified atom stereocenters. The Kier molecular flexibility index (Phi) is 3.74. The molecule has 0 spiro atoms. The van der Waals surface area contributed by atoms with E-state index in [0.29, 0.717) is 31.3 Å². The van der Waals surface area contributed by atoms with Gasteiger partial charge in [-0.2, -0.15) is 0 Å². The molecule has 0 aliphatic carbocycles. The monoisotopic (exact) mass is 323 g/mol. The van der Waals surface area contributed by atoms with Crippen LogP contribution in [0.1, 0.15) is 0 Å². The highest BCUT2D eigenvalue weighted by molar-refractivity contribution is 5.82. The van der Waals surface area contributed by atoms with E-state index in [1.165, 1.54) is 0 Å². The van der Waals surface area contributed by atoms with Crippen molar-refractivity contribution in [2.75, 3.05) is 31.5 Å². The van der Waals surface area contributed by atoms with E-state index in [0.717, 1.165) is 23.2 Å². The number of hydrogen-bond acceptors (Lipinski definition) is 5. The van der Waals surface area contributed by atoms with Crippen LogP contribution in [0.5, 0.6) is 0 Å². The summed E-state index contributed by atoms with van der Waals surface area (Å²) >= 11 is 0. The van der Waals surface area contributed by atoms with E-state index in [9.17, 15) is 4.79 Å². The number of para-hydroxylation sites is 1. The van der Waals surface area contributed by atoms with Crippen LogP contribution in [0.3, 0.4) is 0 Å². The van der Waals surface area contributed by atoms with Gasteiger partial charge in [-0.25, -0.2) is 14.8 Å². The predicted octanol–water partition coefficient (Wildman–Crippen LogP) is 2.33. The van der Waals surface area contributed by atoms with Crippen LogP contribution < -0.4 is 10.6 Å². The summed E-state index contributed by atoms with van der Waals surface area (Å²) in [6.07, 6.45) is 1.69. The van der Waals surface area contributed by atoms with Gasteiger partial charge in [0.2, 0.25) is 5.95 Å². The van der Waals surface area contributed by atoms with Crippen LogP contribution in [0, 0.1) is 0 Å². The lowest BCUT2D eigenvalue weighted by atomic mass is 10.2. The number of fused-ring (bicyclic) bond motifs is 1. The number of furan rings is 1. The summed E-state index contributed by atoms with van der Waals surface area (Å²) in [5.74, 6) is 1.23. The molecule has 2 aromatic heterocycles. The lowest BCUT2D eigenvalue weighted by Gasteiger charge is -2.14. The fourth-order valence-electron chi connectivity index (χ4n) is 2.72. The van der Waals surface area contributed by atoms with E-state index in [1.54, 1.807) is 11.1 Å². The molecule has 7 heteroatoms. The first-order valence-corrected chi connectivity index (χ1v) is 7.88. The van der Waals surface area contributed by atoms with Gasteiger partial charge in [0, 0.05) is 37.8 Å². The van der Waals surface area contributed by atoms with E-state index < -0.39 is 0 Å². The van der Waals surface area contributed by atoms with Gasteiger partial charge in [-0.05, 0) is 18.2 Å². The number of anilines is 1. The molecule has 3 heterocycles. The Morgan fingerprint density at radius 3 is 3.04 bits per heavy atom. The zero-order valence-electron chi connectivity index (χ0n) is 13.0. The van der Waals surface area contributed by atoms with Gasteiger partial charge in [0.15, 0.2) is 5.76 Å². The summed E-state index contributed by atoms with van der Waals surface area (Å²) in [7, 11) is 0. The molecule has 1 fully saturated rings. The Bertz CT molecular complexity index is 843. The molecule has 24 heavy (non-hydrogen) atoms. The number of amides is 2. The maximum Gasteiger partial charge on any atom is 0.317 e. The molecule has 2 amide bonds. The lowest BCUT2D eigenvalue weighted by Crippen LogP contribution is -2.32. The van der Waals surface area contributed by atoms with Crippen molar-refractivity contribution in [3.8, 4) is 11.5 Å². The van der Waals surface area contributed by atoms with Crippen LogP contribution in [-0.2, 0) is 0 Å². The molecule has 4 rings (SSSR count). The largest absolute Gasteiger partial charge is 0.454 e. The Morgan fingerprint density at radius 2 is 2.21 bits per heavy atom. The van der Waals surface area contributed by atoms with Crippen molar-refractivity contribution in [2.45, 2.75) is 0 Å². The maximum atomic E-state index is 11.5.